The summed E-state index contributed by atoms with van der Waals surface area (Å²) in [6, 6.07) is 52.2. The molecule has 47 heavy (non-hydrogen) atoms. The standard InChI is InChI=1S/C42H24N4S/c1-2-15-28-25(12-1)32(30-18-11-17-29-27-14-5-10-23-38(27)47-40(29)30)24-33-26-13-4-8-21-36(26)45(39(28)33)42-44-34-19-6-3-16-31(34)41-43-35-20-7-9-22-37(35)46(41)42/h1-24H. The summed E-state index contributed by atoms with van der Waals surface area (Å²) in [5.74, 6) is 0.836. The van der Waals surface area contributed by atoms with Crippen LogP contribution in [-0.2, 0) is 0 Å². The molecule has 11 aromatic rings. The summed E-state index contributed by atoms with van der Waals surface area (Å²) in [6.07, 6.45) is 0. The minimum Gasteiger partial charge on any atom is -0.278 e. The maximum atomic E-state index is 5.41. The van der Waals surface area contributed by atoms with E-state index in [1.54, 1.807) is 0 Å². The topological polar surface area (TPSA) is 35.1 Å². The molecule has 5 heteroatoms. The van der Waals surface area contributed by atoms with Gasteiger partial charge < -0.3 is 0 Å². The van der Waals surface area contributed by atoms with Gasteiger partial charge in [0.1, 0.15) is 5.65 Å². The number of imidazole rings is 1. The van der Waals surface area contributed by atoms with Gasteiger partial charge >= 0.3 is 0 Å². The smallest absolute Gasteiger partial charge is 0.221 e. The highest BCUT2D eigenvalue weighted by molar-refractivity contribution is 7.26. The number of aromatic nitrogens is 4. The highest BCUT2D eigenvalue weighted by Crippen LogP contribution is 2.45. The molecule has 4 heterocycles. The van der Waals surface area contributed by atoms with Crippen molar-refractivity contribution in [2.45, 2.75) is 0 Å². The first-order valence-electron chi connectivity index (χ1n) is 15.9. The van der Waals surface area contributed by atoms with Gasteiger partial charge in [-0.05, 0) is 53.4 Å². The fraction of sp³-hybridized carbons (Fsp3) is 0. The number of para-hydroxylation sites is 4. The van der Waals surface area contributed by atoms with Crippen LogP contribution in [0.3, 0.4) is 0 Å². The van der Waals surface area contributed by atoms with Crippen LogP contribution in [0.5, 0.6) is 0 Å². The lowest BCUT2D eigenvalue weighted by Gasteiger charge is -2.15. The van der Waals surface area contributed by atoms with Crippen molar-refractivity contribution in [1.29, 1.82) is 0 Å². The second kappa shape index (κ2) is 9.25. The van der Waals surface area contributed by atoms with Crippen molar-refractivity contribution in [1.82, 2.24) is 18.9 Å². The number of benzene rings is 7. The van der Waals surface area contributed by atoms with Crippen molar-refractivity contribution in [2.75, 3.05) is 0 Å². The van der Waals surface area contributed by atoms with E-state index in [9.17, 15) is 0 Å². The van der Waals surface area contributed by atoms with Gasteiger partial charge in [0.2, 0.25) is 5.95 Å². The Morgan fingerprint density at radius 2 is 1.11 bits per heavy atom. The molecule has 11 rings (SSSR count). The van der Waals surface area contributed by atoms with Gasteiger partial charge in [0.05, 0.1) is 27.6 Å². The van der Waals surface area contributed by atoms with Gasteiger partial charge in [-0.15, -0.1) is 11.3 Å². The van der Waals surface area contributed by atoms with Crippen molar-refractivity contribution in [3.63, 3.8) is 0 Å². The fourth-order valence-electron chi connectivity index (χ4n) is 7.69. The highest BCUT2D eigenvalue weighted by atomic mass is 32.1. The van der Waals surface area contributed by atoms with Crippen molar-refractivity contribution in [2.24, 2.45) is 0 Å². The van der Waals surface area contributed by atoms with E-state index in [2.05, 4.69) is 155 Å². The van der Waals surface area contributed by atoms with Crippen LogP contribution in [0.15, 0.2) is 146 Å². The lowest BCUT2D eigenvalue weighted by atomic mass is 9.94. The first-order chi connectivity index (χ1) is 23.3. The first-order valence-corrected chi connectivity index (χ1v) is 16.7. The number of fused-ring (bicyclic) bond motifs is 13. The molecule has 0 saturated carbocycles. The van der Waals surface area contributed by atoms with Gasteiger partial charge in [0.25, 0.3) is 0 Å². The number of nitrogens with zero attached hydrogens (tertiary/aromatic N) is 4. The molecule has 7 aromatic carbocycles. The van der Waals surface area contributed by atoms with Crippen LogP contribution in [0.25, 0.3) is 97.4 Å². The molecular weight excluding hydrogens is 593 g/mol. The first kappa shape index (κ1) is 25.2. The molecule has 0 aliphatic heterocycles. The van der Waals surface area contributed by atoms with Crippen LogP contribution < -0.4 is 0 Å². The molecule has 0 unspecified atom stereocenters. The third kappa shape index (κ3) is 3.36. The molecule has 0 atom stereocenters. The van der Waals surface area contributed by atoms with E-state index in [1.807, 2.05) is 11.3 Å². The average molecular weight is 617 g/mol. The summed E-state index contributed by atoms with van der Waals surface area (Å²) in [5.41, 5.74) is 8.62. The Balaban J connectivity index is 1.34. The Hall–Kier alpha value is -6.04. The van der Waals surface area contributed by atoms with Gasteiger partial charge in [0.15, 0.2) is 0 Å². The lowest BCUT2D eigenvalue weighted by molar-refractivity contribution is 0.982. The highest BCUT2D eigenvalue weighted by Gasteiger charge is 2.23. The summed E-state index contributed by atoms with van der Waals surface area (Å²) in [4.78, 5) is 10.6. The molecule has 0 aliphatic rings. The third-order valence-electron chi connectivity index (χ3n) is 9.70. The molecule has 0 aliphatic carbocycles. The molecule has 0 saturated heterocycles. The number of hydrogen-bond acceptors (Lipinski definition) is 3. The van der Waals surface area contributed by atoms with Crippen molar-refractivity contribution in [3.05, 3.63) is 146 Å². The van der Waals surface area contributed by atoms with Crippen LogP contribution in [0.1, 0.15) is 0 Å². The zero-order valence-corrected chi connectivity index (χ0v) is 25.9. The second-order valence-electron chi connectivity index (χ2n) is 12.2. The number of rotatable bonds is 2. The zero-order valence-electron chi connectivity index (χ0n) is 25.1. The summed E-state index contributed by atoms with van der Waals surface area (Å²) < 4.78 is 7.25. The Morgan fingerprint density at radius 3 is 1.98 bits per heavy atom. The van der Waals surface area contributed by atoms with Gasteiger partial charge in [0, 0.05) is 47.3 Å². The van der Waals surface area contributed by atoms with Crippen LogP contribution in [-0.4, -0.2) is 18.9 Å². The van der Waals surface area contributed by atoms with Crippen molar-refractivity contribution < 1.29 is 0 Å². The molecule has 4 nitrogen and oxygen atoms in total. The van der Waals surface area contributed by atoms with Crippen molar-refractivity contribution >= 4 is 91.7 Å². The van der Waals surface area contributed by atoms with Gasteiger partial charge in [-0.2, -0.15) is 0 Å². The minimum atomic E-state index is 0.836. The van der Waals surface area contributed by atoms with Crippen LogP contribution in [0.4, 0.5) is 0 Å². The largest absolute Gasteiger partial charge is 0.278 e. The predicted molar refractivity (Wildman–Crippen MR) is 198 cm³/mol. The van der Waals surface area contributed by atoms with E-state index in [0.29, 0.717) is 0 Å². The average Bonchev–Trinajstić information content (AvgIpc) is 3.81. The Morgan fingerprint density at radius 1 is 0.447 bits per heavy atom. The Bertz CT molecular complexity index is 3090. The summed E-state index contributed by atoms with van der Waals surface area (Å²) >= 11 is 1.88. The second-order valence-corrected chi connectivity index (χ2v) is 13.2. The molecule has 0 amide bonds. The quantitative estimate of drug-likeness (QED) is 0.194. The maximum Gasteiger partial charge on any atom is 0.221 e. The molecule has 218 valence electrons. The van der Waals surface area contributed by atoms with E-state index in [4.69, 9.17) is 9.97 Å². The van der Waals surface area contributed by atoms with E-state index in [0.717, 1.165) is 44.6 Å². The monoisotopic (exact) mass is 616 g/mol. The Labute approximate surface area is 272 Å². The van der Waals surface area contributed by atoms with Gasteiger partial charge in [-0.1, -0.05) is 103 Å². The number of hydrogen-bond donors (Lipinski definition) is 0. The predicted octanol–water partition coefficient (Wildman–Crippen LogP) is 11.3. The van der Waals surface area contributed by atoms with Gasteiger partial charge in [-0.25, -0.2) is 9.97 Å². The molecule has 0 N–H and O–H groups in total. The Kier molecular flexibility index (Phi) is 4.96. The van der Waals surface area contributed by atoms with Crippen molar-refractivity contribution in [3.8, 4) is 17.1 Å². The maximum absolute atomic E-state index is 5.41. The molecular formula is C42H24N4S. The molecule has 0 spiro atoms. The van der Waals surface area contributed by atoms with Gasteiger partial charge in [-0.3, -0.25) is 8.97 Å². The van der Waals surface area contributed by atoms with E-state index < -0.39 is 0 Å². The van der Waals surface area contributed by atoms with E-state index >= 15 is 0 Å². The third-order valence-corrected chi connectivity index (χ3v) is 10.9. The van der Waals surface area contributed by atoms with E-state index in [1.165, 1.54) is 52.8 Å². The molecule has 0 radical (unpaired) electrons. The summed E-state index contributed by atoms with van der Waals surface area (Å²) in [6.45, 7) is 0. The fourth-order valence-corrected chi connectivity index (χ4v) is 8.92. The normalized spacial score (nSPS) is 12.3. The summed E-state index contributed by atoms with van der Waals surface area (Å²) in [7, 11) is 0. The summed E-state index contributed by atoms with van der Waals surface area (Å²) in [5, 5.41) is 8.49. The van der Waals surface area contributed by atoms with Crippen LogP contribution >= 0.6 is 11.3 Å². The van der Waals surface area contributed by atoms with Crippen LogP contribution in [0, 0.1) is 0 Å². The van der Waals surface area contributed by atoms with E-state index in [-0.39, 0.29) is 0 Å². The van der Waals surface area contributed by atoms with Crippen LogP contribution in [0.2, 0.25) is 0 Å². The molecule has 4 aromatic heterocycles. The number of thiophene rings is 1. The molecule has 0 fully saturated rings. The lowest BCUT2D eigenvalue weighted by Crippen LogP contribution is -2.06. The minimum absolute atomic E-state index is 0.836. The SMILES string of the molecule is c1ccc2c(c1)nc(-n1c3ccccc3c3cc(-c4cccc5c4sc4ccccc45)c4ccccc4c31)n1c3ccccc3nc21. The molecule has 0 bridgehead atoms. The zero-order chi connectivity index (χ0) is 30.6.